The number of H-pyrrole nitrogens is 1. The van der Waals surface area contributed by atoms with Crippen LogP contribution < -0.4 is 5.32 Å². The van der Waals surface area contributed by atoms with E-state index in [4.69, 9.17) is 0 Å². The summed E-state index contributed by atoms with van der Waals surface area (Å²) in [7, 11) is 3.61. The Bertz CT molecular complexity index is 576. The Hall–Kier alpha value is -1.88. The first-order chi connectivity index (χ1) is 9.10. The summed E-state index contributed by atoms with van der Waals surface area (Å²) in [4.78, 5) is 21.0. The molecule has 5 heteroatoms. The third-order valence-corrected chi connectivity index (χ3v) is 3.15. The van der Waals surface area contributed by atoms with Crippen molar-refractivity contribution in [3.63, 3.8) is 0 Å². The first-order valence-electron chi connectivity index (χ1n) is 6.44. The van der Waals surface area contributed by atoms with Crippen LogP contribution in [0.4, 0.5) is 0 Å². The maximum atomic E-state index is 11.6. The summed E-state index contributed by atoms with van der Waals surface area (Å²) in [5.41, 5.74) is 3.25. The van der Waals surface area contributed by atoms with Gasteiger partial charge in [0, 0.05) is 13.6 Å². The van der Waals surface area contributed by atoms with E-state index in [2.05, 4.69) is 27.4 Å². The Kier molecular flexibility index (Phi) is 4.16. The lowest BCUT2D eigenvalue weighted by Gasteiger charge is -2.16. The Balaban J connectivity index is 1.99. The fourth-order valence-electron chi connectivity index (χ4n) is 2.05. The minimum absolute atomic E-state index is 0.112. The molecule has 0 aliphatic carbocycles. The molecular formula is C14H20N4O. The molecule has 0 aliphatic heterocycles. The van der Waals surface area contributed by atoms with E-state index in [1.807, 2.05) is 20.0 Å². The van der Waals surface area contributed by atoms with Crippen LogP contribution in [0.3, 0.4) is 0 Å². The first kappa shape index (κ1) is 13.5. The van der Waals surface area contributed by atoms with E-state index in [0.717, 1.165) is 29.8 Å². The molecule has 0 atom stereocenters. The first-order valence-corrected chi connectivity index (χ1v) is 6.44. The highest BCUT2D eigenvalue weighted by Crippen LogP contribution is 2.14. The van der Waals surface area contributed by atoms with Crippen molar-refractivity contribution in [3.8, 4) is 0 Å². The third-order valence-electron chi connectivity index (χ3n) is 3.15. The van der Waals surface area contributed by atoms with Gasteiger partial charge in [-0.3, -0.25) is 4.79 Å². The third kappa shape index (κ3) is 3.32. The molecule has 2 N–H and O–H groups in total. The van der Waals surface area contributed by atoms with Gasteiger partial charge in [0.25, 0.3) is 0 Å². The average molecular weight is 260 g/mol. The molecule has 2 rings (SSSR count). The van der Waals surface area contributed by atoms with Gasteiger partial charge >= 0.3 is 0 Å². The summed E-state index contributed by atoms with van der Waals surface area (Å²) < 4.78 is 0. The Labute approximate surface area is 113 Å². The molecule has 1 aromatic heterocycles. The van der Waals surface area contributed by atoms with Gasteiger partial charge in [-0.2, -0.15) is 0 Å². The molecule has 19 heavy (non-hydrogen) atoms. The van der Waals surface area contributed by atoms with Crippen LogP contribution in [-0.4, -0.2) is 48.0 Å². The minimum Gasteiger partial charge on any atom is -0.344 e. The predicted octanol–water partition coefficient (Wildman–Crippen LogP) is 1.09. The van der Waals surface area contributed by atoms with Gasteiger partial charge in [0.15, 0.2) is 0 Å². The molecular weight excluding hydrogens is 240 g/mol. The van der Waals surface area contributed by atoms with Crippen molar-refractivity contribution in [1.29, 1.82) is 0 Å². The summed E-state index contributed by atoms with van der Waals surface area (Å²) >= 11 is 0. The van der Waals surface area contributed by atoms with E-state index < -0.39 is 0 Å². The number of imidazole rings is 1. The summed E-state index contributed by atoms with van der Waals surface area (Å²) in [5.74, 6) is 1.04. The molecule has 1 aromatic carbocycles. The molecule has 0 bridgehead atoms. The number of likely N-dealkylation sites (N-methyl/N-ethyl adjacent to an activating group) is 2. The summed E-state index contributed by atoms with van der Waals surface area (Å²) in [6.45, 7) is 3.05. The quantitative estimate of drug-likeness (QED) is 0.846. The number of rotatable bonds is 5. The maximum absolute atomic E-state index is 11.6. The average Bonchev–Trinajstić information content (AvgIpc) is 2.75. The molecule has 1 heterocycles. The van der Waals surface area contributed by atoms with E-state index in [0.29, 0.717) is 6.54 Å². The van der Waals surface area contributed by atoms with E-state index in [9.17, 15) is 4.79 Å². The lowest BCUT2D eigenvalue weighted by molar-refractivity contribution is -0.128. The zero-order valence-electron chi connectivity index (χ0n) is 11.7. The molecule has 102 valence electrons. The minimum atomic E-state index is 0.112. The molecule has 0 radical (unpaired) electrons. The zero-order chi connectivity index (χ0) is 13.8. The molecule has 1 amide bonds. The SMILES string of the molecule is CNCC(=O)N(C)CCc1ccc2nc(C)[nH]c2c1. The number of hydrogen-bond acceptors (Lipinski definition) is 3. The van der Waals surface area contributed by atoms with Crippen LogP contribution in [0, 0.1) is 6.92 Å². The van der Waals surface area contributed by atoms with E-state index in [-0.39, 0.29) is 5.91 Å². The number of aromatic nitrogens is 2. The molecule has 2 aromatic rings. The second-order valence-electron chi connectivity index (χ2n) is 4.77. The zero-order valence-corrected chi connectivity index (χ0v) is 11.7. The lowest BCUT2D eigenvalue weighted by Crippen LogP contribution is -2.35. The van der Waals surface area contributed by atoms with Crippen molar-refractivity contribution in [1.82, 2.24) is 20.2 Å². The topological polar surface area (TPSA) is 61.0 Å². The van der Waals surface area contributed by atoms with Crippen molar-refractivity contribution in [2.45, 2.75) is 13.3 Å². The van der Waals surface area contributed by atoms with Crippen LogP contribution in [0.1, 0.15) is 11.4 Å². The van der Waals surface area contributed by atoms with Crippen molar-refractivity contribution in [3.05, 3.63) is 29.6 Å². The molecule has 0 fully saturated rings. The molecule has 5 nitrogen and oxygen atoms in total. The second-order valence-corrected chi connectivity index (χ2v) is 4.77. The van der Waals surface area contributed by atoms with Crippen molar-refractivity contribution in [2.75, 3.05) is 27.2 Å². The number of benzene rings is 1. The Morgan fingerprint density at radius 1 is 1.47 bits per heavy atom. The van der Waals surface area contributed by atoms with Crippen molar-refractivity contribution < 1.29 is 4.79 Å². The van der Waals surface area contributed by atoms with Crippen LogP contribution in [0.5, 0.6) is 0 Å². The number of amides is 1. The number of aromatic amines is 1. The fraction of sp³-hybridized carbons (Fsp3) is 0.429. The van der Waals surface area contributed by atoms with Crippen LogP contribution >= 0.6 is 0 Å². The van der Waals surface area contributed by atoms with Crippen molar-refractivity contribution in [2.24, 2.45) is 0 Å². The van der Waals surface area contributed by atoms with Gasteiger partial charge in [-0.15, -0.1) is 0 Å². The van der Waals surface area contributed by atoms with Gasteiger partial charge < -0.3 is 15.2 Å². The van der Waals surface area contributed by atoms with Crippen molar-refractivity contribution >= 4 is 16.9 Å². The molecule has 0 aliphatic rings. The number of carbonyl (C=O) groups is 1. The standard InChI is InChI=1S/C14H20N4O/c1-10-16-12-5-4-11(8-13(12)17-10)6-7-18(3)14(19)9-15-2/h4-5,8,15H,6-7,9H2,1-3H3,(H,16,17). The predicted molar refractivity (Wildman–Crippen MR) is 76.1 cm³/mol. The van der Waals surface area contributed by atoms with Crippen LogP contribution in [0.2, 0.25) is 0 Å². The Morgan fingerprint density at radius 3 is 3.00 bits per heavy atom. The van der Waals surface area contributed by atoms with Crippen LogP contribution in [0.25, 0.3) is 11.0 Å². The number of aryl methyl sites for hydroxylation is 1. The number of nitrogens with zero attached hydrogens (tertiary/aromatic N) is 2. The Morgan fingerprint density at radius 2 is 2.26 bits per heavy atom. The van der Waals surface area contributed by atoms with Gasteiger partial charge in [0.2, 0.25) is 5.91 Å². The highest BCUT2D eigenvalue weighted by Gasteiger charge is 2.07. The monoisotopic (exact) mass is 260 g/mol. The van der Waals surface area contributed by atoms with Gasteiger partial charge in [0.05, 0.1) is 17.6 Å². The second kappa shape index (κ2) is 5.84. The van der Waals surface area contributed by atoms with Crippen LogP contribution in [-0.2, 0) is 11.2 Å². The summed E-state index contributed by atoms with van der Waals surface area (Å²) in [5, 5.41) is 2.87. The normalized spacial score (nSPS) is 10.9. The number of carbonyl (C=O) groups excluding carboxylic acids is 1. The van der Waals surface area contributed by atoms with Gasteiger partial charge in [-0.05, 0) is 38.1 Å². The molecule has 0 saturated carbocycles. The lowest BCUT2D eigenvalue weighted by atomic mass is 10.1. The molecule has 0 spiro atoms. The maximum Gasteiger partial charge on any atom is 0.236 e. The number of hydrogen-bond donors (Lipinski definition) is 2. The largest absolute Gasteiger partial charge is 0.344 e. The summed E-state index contributed by atoms with van der Waals surface area (Å²) in [6.07, 6.45) is 0.847. The van der Waals surface area contributed by atoms with E-state index >= 15 is 0 Å². The highest BCUT2D eigenvalue weighted by molar-refractivity contribution is 5.78. The highest BCUT2D eigenvalue weighted by atomic mass is 16.2. The van der Waals surface area contributed by atoms with E-state index in [1.165, 1.54) is 5.56 Å². The number of nitrogens with one attached hydrogen (secondary N) is 2. The molecule has 0 unspecified atom stereocenters. The fourth-order valence-corrected chi connectivity index (χ4v) is 2.05. The van der Waals surface area contributed by atoms with Gasteiger partial charge in [0.1, 0.15) is 5.82 Å². The van der Waals surface area contributed by atoms with E-state index in [1.54, 1.807) is 11.9 Å². The number of fused-ring (bicyclic) bond motifs is 1. The van der Waals surface area contributed by atoms with Crippen LogP contribution in [0.15, 0.2) is 18.2 Å². The van der Waals surface area contributed by atoms with Gasteiger partial charge in [-0.25, -0.2) is 4.98 Å². The summed E-state index contributed by atoms with van der Waals surface area (Å²) in [6, 6.07) is 6.19. The van der Waals surface area contributed by atoms with Gasteiger partial charge in [-0.1, -0.05) is 6.07 Å². The molecule has 0 saturated heterocycles. The smallest absolute Gasteiger partial charge is 0.236 e.